The molecule has 4 aromatic rings. The zero-order valence-corrected chi connectivity index (χ0v) is 19.9. The van der Waals surface area contributed by atoms with E-state index in [1.807, 2.05) is 73.8 Å². The minimum Gasteiger partial charge on any atom is -0.368 e. The molecule has 0 saturated carbocycles. The van der Waals surface area contributed by atoms with Crippen molar-refractivity contribution in [3.05, 3.63) is 95.6 Å². The van der Waals surface area contributed by atoms with E-state index < -0.39 is 17.9 Å². The van der Waals surface area contributed by atoms with Gasteiger partial charge < -0.3 is 20.5 Å². The van der Waals surface area contributed by atoms with Gasteiger partial charge in [0.25, 0.3) is 5.91 Å². The minimum atomic E-state index is -0.638. The first kappa shape index (κ1) is 24.0. The molecule has 1 aromatic heterocycles. The summed E-state index contributed by atoms with van der Waals surface area (Å²) in [5.74, 6) is -1.30. The molecule has 178 valence electrons. The molecule has 1 aliphatic rings. The highest BCUT2D eigenvalue weighted by atomic mass is 35.5. The Balaban J connectivity index is 0.00000289. The van der Waals surface area contributed by atoms with Gasteiger partial charge in [0.2, 0.25) is 11.8 Å². The fourth-order valence-electron chi connectivity index (χ4n) is 4.89. The SMILES string of the molecule is Cl.Cn1c(-c2ccccc2)c(C2c3ccccc3C(=O)N2CC(=O)NCC(N)=O)c2ccccc21. The van der Waals surface area contributed by atoms with Crippen molar-refractivity contribution < 1.29 is 14.4 Å². The second kappa shape index (κ2) is 9.64. The zero-order chi connectivity index (χ0) is 23.8. The first-order valence-electron chi connectivity index (χ1n) is 11.0. The van der Waals surface area contributed by atoms with Gasteiger partial charge in [0.1, 0.15) is 6.54 Å². The smallest absolute Gasteiger partial charge is 0.255 e. The molecule has 1 aliphatic heterocycles. The highest BCUT2D eigenvalue weighted by Crippen LogP contribution is 2.46. The number of rotatable bonds is 6. The summed E-state index contributed by atoms with van der Waals surface area (Å²) in [5.41, 5.74) is 10.6. The molecule has 0 saturated heterocycles. The third-order valence-electron chi connectivity index (χ3n) is 6.30. The first-order chi connectivity index (χ1) is 16.5. The molecule has 0 radical (unpaired) electrons. The molecule has 1 atom stereocenters. The molecule has 3 N–H and O–H groups in total. The summed E-state index contributed by atoms with van der Waals surface area (Å²) < 4.78 is 2.14. The second-order valence-corrected chi connectivity index (χ2v) is 8.37. The van der Waals surface area contributed by atoms with Crippen LogP contribution in [0.5, 0.6) is 0 Å². The van der Waals surface area contributed by atoms with Gasteiger partial charge >= 0.3 is 0 Å². The molecule has 2 heterocycles. The van der Waals surface area contributed by atoms with Gasteiger partial charge in [-0.25, -0.2) is 0 Å². The van der Waals surface area contributed by atoms with Gasteiger partial charge in [0.05, 0.1) is 18.3 Å². The van der Waals surface area contributed by atoms with Crippen LogP contribution in [-0.4, -0.2) is 40.3 Å². The molecule has 0 bridgehead atoms. The number of amides is 3. The van der Waals surface area contributed by atoms with E-state index in [9.17, 15) is 14.4 Å². The van der Waals surface area contributed by atoms with E-state index in [-0.39, 0.29) is 31.4 Å². The molecule has 35 heavy (non-hydrogen) atoms. The molecule has 0 fully saturated rings. The van der Waals surface area contributed by atoms with Crippen LogP contribution in [0.2, 0.25) is 0 Å². The van der Waals surface area contributed by atoms with Crippen LogP contribution in [0.4, 0.5) is 0 Å². The van der Waals surface area contributed by atoms with Crippen LogP contribution in [0.1, 0.15) is 27.5 Å². The molecular formula is C27H25ClN4O3. The summed E-state index contributed by atoms with van der Waals surface area (Å²) in [6.07, 6.45) is 0. The van der Waals surface area contributed by atoms with E-state index in [0.717, 1.165) is 33.3 Å². The fraction of sp³-hybridized carbons (Fsp3) is 0.148. The van der Waals surface area contributed by atoms with Crippen molar-refractivity contribution in [2.75, 3.05) is 13.1 Å². The maximum atomic E-state index is 13.5. The van der Waals surface area contributed by atoms with Gasteiger partial charge in [-0.1, -0.05) is 66.7 Å². The summed E-state index contributed by atoms with van der Waals surface area (Å²) >= 11 is 0. The van der Waals surface area contributed by atoms with E-state index in [1.165, 1.54) is 0 Å². The van der Waals surface area contributed by atoms with Gasteiger partial charge in [-0.15, -0.1) is 12.4 Å². The first-order valence-corrected chi connectivity index (χ1v) is 11.0. The van der Waals surface area contributed by atoms with Gasteiger partial charge in [0.15, 0.2) is 0 Å². The van der Waals surface area contributed by atoms with Crippen LogP contribution in [0.3, 0.4) is 0 Å². The average Bonchev–Trinajstić information content (AvgIpc) is 3.29. The number of carbonyl (C=O) groups excluding carboxylic acids is 3. The summed E-state index contributed by atoms with van der Waals surface area (Å²) in [5, 5.41) is 3.52. The Morgan fingerprint density at radius 2 is 1.60 bits per heavy atom. The lowest BCUT2D eigenvalue weighted by Crippen LogP contribution is -2.42. The molecule has 5 rings (SSSR count). The number of carbonyl (C=O) groups is 3. The number of hydrogen-bond acceptors (Lipinski definition) is 3. The Bertz CT molecular complexity index is 1430. The summed E-state index contributed by atoms with van der Waals surface area (Å²) in [4.78, 5) is 38.9. The highest BCUT2D eigenvalue weighted by Gasteiger charge is 2.41. The maximum absolute atomic E-state index is 13.5. The molecular weight excluding hydrogens is 464 g/mol. The van der Waals surface area contributed by atoms with Crippen LogP contribution in [0, 0.1) is 0 Å². The van der Waals surface area contributed by atoms with Gasteiger partial charge in [0, 0.05) is 29.1 Å². The number of nitrogens with two attached hydrogens (primary N) is 1. The molecule has 3 amide bonds. The normalized spacial score (nSPS) is 14.5. The van der Waals surface area contributed by atoms with E-state index in [2.05, 4.69) is 16.0 Å². The standard InChI is InChI=1S/C27H24N4O3.ClH/c1-30-21-14-8-7-13-20(21)24(25(30)17-9-3-2-4-10-17)26-18-11-5-6-12-19(18)27(34)31(26)16-23(33)29-15-22(28)32;/h2-14,26H,15-16H2,1H3,(H2,28,32)(H,29,33);1H. The topological polar surface area (TPSA) is 97.4 Å². The van der Waals surface area contributed by atoms with Crippen molar-refractivity contribution in [1.82, 2.24) is 14.8 Å². The van der Waals surface area contributed by atoms with E-state index >= 15 is 0 Å². The summed E-state index contributed by atoms with van der Waals surface area (Å²) in [7, 11) is 2.01. The number of aryl methyl sites for hydroxylation is 1. The lowest BCUT2D eigenvalue weighted by Gasteiger charge is -2.26. The molecule has 8 heteroatoms. The quantitative estimate of drug-likeness (QED) is 0.435. The fourth-order valence-corrected chi connectivity index (χ4v) is 4.89. The van der Waals surface area contributed by atoms with Gasteiger partial charge in [-0.05, 0) is 23.3 Å². The predicted octanol–water partition coefficient (Wildman–Crippen LogP) is 3.41. The Hall–Kier alpha value is -4.10. The Labute approximate surface area is 208 Å². The van der Waals surface area contributed by atoms with Crippen molar-refractivity contribution in [2.24, 2.45) is 12.8 Å². The van der Waals surface area contributed by atoms with Crippen molar-refractivity contribution in [3.63, 3.8) is 0 Å². The number of halogens is 1. The van der Waals surface area contributed by atoms with Gasteiger partial charge in [-0.2, -0.15) is 0 Å². The van der Waals surface area contributed by atoms with Crippen molar-refractivity contribution in [3.8, 4) is 11.3 Å². The summed E-state index contributed by atoms with van der Waals surface area (Å²) in [6, 6.07) is 25.1. The Morgan fingerprint density at radius 3 is 2.34 bits per heavy atom. The van der Waals surface area contributed by atoms with Crippen LogP contribution >= 0.6 is 12.4 Å². The van der Waals surface area contributed by atoms with Crippen molar-refractivity contribution >= 4 is 41.0 Å². The number of benzene rings is 3. The molecule has 0 aliphatic carbocycles. The van der Waals surface area contributed by atoms with E-state index in [0.29, 0.717) is 5.56 Å². The predicted molar refractivity (Wildman–Crippen MR) is 137 cm³/mol. The third-order valence-corrected chi connectivity index (χ3v) is 6.30. The third kappa shape index (κ3) is 4.15. The number of nitrogens with zero attached hydrogens (tertiary/aromatic N) is 2. The molecule has 7 nitrogen and oxygen atoms in total. The number of nitrogens with one attached hydrogen (secondary N) is 1. The molecule has 3 aromatic carbocycles. The Kier molecular flexibility index (Phi) is 6.62. The van der Waals surface area contributed by atoms with E-state index in [4.69, 9.17) is 5.73 Å². The number of aromatic nitrogens is 1. The summed E-state index contributed by atoms with van der Waals surface area (Å²) in [6.45, 7) is -0.467. The van der Waals surface area contributed by atoms with Crippen LogP contribution < -0.4 is 11.1 Å². The number of fused-ring (bicyclic) bond motifs is 2. The monoisotopic (exact) mass is 488 g/mol. The minimum absolute atomic E-state index is 0. The van der Waals surface area contributed by atoms with Crippen molar-refractivity contribution in [2.45, 2.75) is 6.04 Å². The van der Waals surface area contributed by atoms with Crippen LogP contribution in [0.25, 0.3) is 22.2 Å². The van der Waals surface area contributed by atoms with Gasteiger partial charge in [-0.3, -0.25) is 14.4 Å². The van der Waals surface area contributed by atoms with Crippen molar-refractivity contribution in [1.29, 1.82) is 0 Å². The van der Waals surface area contributed by atoms with E-state index in [1.54, 1.807) is 11.0 Å². The number of para-hydroxylation sites is 1. The Morgan fingerprint density at radius 1 is 0.943 bits per heavy atom. The average molecular weight is 489 g/mol. The van der Waals surface area contributed by atoms with Crippen LogP contribution in [-0.2, 0) is 16.6 Å². The number of primary amides is 1. The molecule has 1 unspecified atom stereocenters. The lowest BCUT2D eigenvalue weighted by molar-refractivity contribution is -0.125. The molecule has 0 spiro atoms. The van der Waals surface area contributed by atoms with Crippen LogP contribution in [0.15, 0.2) is 78.9 Å². The zero-order valence-electron chi connectivity index (χ0n) is 19.1. The second-order valence-electron chi connectivity index (χ2n) is 8.37. The highest BCUT2D eigenvalue weighted by molar-refractivity contribution is 6.04. The lowest BCUT2D eigenvalue weighted by atomic mass is 9.93. The maximum Gasteiger partial charge on any atom is 0.255 e. The largest absolute Gasteiger partial charge is 0.368 e. The number of hydrogen-bond donors (Lipinski definition) is 2.